The van der Waals surface area contributed by atoms with Crippen LogP contribution in [0.1, 0.15) is 43.1 Å². The fraction of sp³-hybridized carbons (Fsp3) is 0.545. The van der Waals surface area contributed by atoms with E-state index in [1.54, 1.807) is 0 Å². The average Bonchev–Trinajstić information content (AvgIpc) is 3.24. The van der Waals surface area contributed by atoms with Crippen LogP contribution in [0, 0.1) is 0 Å². The molecule has 0 radical (unpaired) electrons. The quantitative estimate of drug-likeness (QED) is 0.870. The Balaban J connectivity index is 1.31. The molecule has 1 aromatic carbocycles. The van der Waals surface area contributed by atoms with Gasteiger partial charge >= 0.3 is 0 Å². The van der Waals surface area contributed by atoms with E-state index in [0.717, 1.165) is 64.0 Å². The Morgan fingerprint density at radius 2 is 2.07 bits per heavy atom. The number of amides is 1. The molecule has 6 heteroatoms. The summed E-state index contributed by atoms with van der Waals surface area (Å²) in [5, 5.41) is 0. The number of carbonyl (C=O) groups excluding carboxylic acids is 1. The van der Waals surface area contributed by atoms with E-state index in [2.05, 4.69) is 22.9 Å². The van der Waals surface area contributed by atoms with E-state index in [9.17, 15) is 4.79 Å². The Labute approximate surface area is 165 Å². The summed E-state index contributed by atoms with van der Waals surface area (Å²) in [4.78, 5) is 25.7. The molecule has 2 aromatic rings. The number of fused-ring (bicyclic) bond motifs is 3. The Hall–Kier alpha value is -2.34. The number of nitrogens with zero attached hydrogens (tertiary/aromatic N) is 3. The molecule has 3 aliphatic rings. The topological polar surface area (TPSA) is 61.5 Å². The number of aromatic amines is 1. The molecule has 28 heavy (non-hydrogen) atoms. The zero-order chi connectivity index (χ0) is 19.1. The van der Waals surface area contributed by atoms with Gasteiger partial charge in [-0.1, -0.05) is 25.1 Å². The third kappa shape index (κ3) is 2.73. The number of ether oxygens (including phenoxy) is 1. The normalized spacial score (nSPS) is 23.8. The van der Waals surface area contributed by atoms with Crippen molar-refractivity contribution in [2.45, 2.75) is 50.7 Å². The average molecular weight is 380 g/mol. The van der Waals surface area contributed by atoms with E-state index in [1.165, 1.54) is 17.0 Å². The van der Waals surface area contributed by atoms with E-state index in [0.29, 0.717) is 0 Å². The number of piperidine rings is 1. The van der Waals surface area contributed by atoms with Crippen LogP contribution in [0.3, 0.4) is 0 Å². The SMILES string of the molecule is CCN1CCc2[nH]cnc2C12CCN(C(=O)[C@@H]1CCc3ccccc3O1)CC2. The van der Waals surface area contributed by atoms with Crippen LogP contribution in [0.4, 0.5) is 0 Å². The third-order valence-corrected chi connectivity index (χ3v) is 6.87. The molecule has 6 nitrogen and oxygen atoms in total. The van der Waals surface area contributed by atoms with Crippen molar-refractivity contribution in [2.24, 2.45) is 0 Å². The van der Waals surface area contributed by atoms with Gasteiger partial charge in [-0.25, -0.2) is 4.98 Å². The molecule has 0 bridgehead atoms. The van der Waals surface area contributed by atoms with Gasteiger partial charge in [0.25, 0.3) is 5.91 Å². The minimum absolute atomic E-state index is 0.0286. The molecular weight excluding hydrogens is 352 g/mol. The van der Waals surface area contributed by atoms with E-state index in [-0.39, 0.29) is 17.6 Å². The number of imidazole rings is 1. The summed E-state index contributed by atoms with van der Waals surface area (Å²) in [6.07, 6.45) is 6.06. The van der Waals surface area contributed by atoms with Crippen molar-refractivity contribution in [2.75, 3.05) is 26.2 Å². The maximum absolute atomic E-state index is 13.1. The minimum atomic E-state index is -0.349. The molecule has 1 N–H and O–H groups in total. The molecule has 1 aromatic heterocycles. The molecule has 4 heterocycles. The third-order valence-electron chi connectivity index (χ3n) is 6.87. The van der Waals surface area contributed by atoms with Crippen molar-refractivity contribution in [3.63, 3.8) is 0 Å². The minimum Gasteiger partial charge on any atom is -0.480 e. The van der Waals surface area contributed by atoms with E-state index in [4.69, 9.17) is 9.72 Å². The molecule has 148 valence electrons. The summed E-state index contributed by atoms with van der Waals surface area (Å²) in [7, 11) is 0. The lowest BCUT2D eigenvalue weighted by molar-refractivity contribution is -0.142. The van der Waals surface area contributed by atoms with Crippen molar-refractivity contribution >= 4 is 5.91 Å². The molecule has 0 saturated carbocycles. The Kier molecular flexibility index (Phi) is 4.38. The van der Waals surface area contributed by atoms with Gasteiger partial charge in [-0.3, -0.25) is 9.69 Å². The molecule has 0 unspecified atom stereocenters. The molecule has 3 aliphatic heterocycles. The number of likely N-dealkylation sites (tertiary alicyclic amines) is 1. The first-order valence-corrected chi connectivity index (χ1v) is 10.5. The van der Waals surface area contributed by atoms with Gasteiger partial charge < -0.3 is 14.6 Å². The van der Waals surface area contributed by atoms with E-state index in [1.807, 2.05) is 29.4 Å². The highest BCUT2D eigenvalue weighted by Gasteiger charge is 2.47. The summed E-state index contributed by atoms with van der Waals surface area (Å²) in [5.41, 5.74) is 3.65. The fourth-order valence-electron chi connectivity index (χ4n) is 5.34. The van der Waals surface area contributed by atoms with E-state index >= 15 is 0 Å². The van der Waals surface area contributed by atoms with Crippen LogP contribution in [-0.2, 0) is 23.2 Å². The second-order valence-electron chi connectivity index (χ2n) is 8.17. The fourth-order valence-corrected chi connectivity index (χ4v) is 5.34. The molecular formula is C22H28N4O2. The number of benzene rings is 1. The largest absolute Gasteiger partial charge is 0.480 e. The first-order valence-electron chi connectivity index (χ1n) is 10.5. The van der Waals surface area contributed by atoms with Crippen molar-refractivity contribution in [1.82, 2.24) is 19.8 Å². The lowest BCUT2D eigenvalue weighted by Gasteiger charge is -2.50. The highest BCUT2D eigenvalue weighted by Crippen LogP contribution is 2.42. The second kappa shape index (κ2) is 6.92. The zero-order valence-electron chi connectivity index (χ0n) is 16.5. The van der Waals surface area contributed by atoms with Crippen molar-refractivity contribution in [3.8, 4) is 5.75 Å². The molecule has 0 aliphatic carbocycles. The number of nitrogens with one attached hydrogen (secondary N) is 1. The van der Waals surface area contributed by atoms with Crippen LogP contribution in [0.15, 0.2) is 30.6 Å². The van der Waals surface area contributed by atoms with Crippen LogP contribution in [0.5, 0.6) is 5.75 Å². The van der Waals surface area contributed by atoms with Crippen LogP contribution >= 0.6 is 0 Å². The molecule has 5 rings (SSSR count). The standard InChI is InChI=1S/C22H28N4O2/c1-2-26-12-9-17-20(24-15-23-17)22(26)10-13-25(14-11-22)21(27)19-8-7-16-5-3-4-6-18(16)28-19/h3-6,15,19H,2,7-14H2,1H3,(H,23,24)/t19-/m0/s1. The number of aryl methyl sites for hydroxylation is 1. The monoisotopic (exact) mass is 380 g/mol. The first-order chi connectivity index (χ1) is 13.7. The number of hydrogen-bond acceptors (Lipinski definition) is 4. The number of likely N-dealkylation sites (N-methyl/N-ethyl adjacent to an activating group) is 1. The molecule has 1 fully saturated rings. The molecule has 1 atom stereocenters. The van der Waals surface area contributed by atoms with Crippen molar-refractivity contribution < 1.29 is 9.53 Å². The highest BCUT2D eigenvalue weighted by molar-refractivity contribution is 5.81. The smallest absolute Gasteiger partial charge is 0.263 e. The summed E-state index contributed by atoms with van der Waals surface area (Å²) >= 11 is 0. The lowest BCUT2D eigenvalue weighted by atomic mass is 9.78. The molecule has 1 amide bonds. The number of carbonyl (C=O) groups is 1. The van der Waals surface area contributed by atoms with Crippen LogP contribution < -0.4 is 4.74 Å². The maximum Gasteiger partial charge on any atom is 0.263 e. The van der Waals surface area contributed by atoms with Gasteiger partial charge in [-0.2, -0.15) is 0 Å². The number of aromatic nitrogens is 2. The first kappa shape index (κ1) is 17.7. The van der Waals surface area contributed by atoms with Gasteiger partial charge in [0.1, 0.15) is 5.75 Å². The van der Waals surface area contributed by atoms with Gasteiger partial charge in [0.2, 0.25) is 0 Å². The van der Waals surface area contributed by atoms with Crippen molar-refractivity contribution in [3.05, 3.63) is 47.5 Å². The van der Waals surface area contributed by atoms with Gasteiger partial charge in [0.15, 0.2) is 6.10 Å². The maximum atomic E-state index is 13.1. The van der Waals surface area contributed by atoms with E-state index < -0.39 is 0 Å². The predicted octanol–water partition coefficient (Wildman–Crippen LogP) is 2.50. The lowest BCUT2D eigenvalue weighted by Crippen LogP contribution is -2.58. The van der Waals surface area contributed by atoms with Crippen LogP contribution in [0.25, 0.3) is 0 Å². The van der Waals surface area contributed by atoms with Gasteiger partial charge in [-0.15, -0.1) is 0 Å². The van der Waals surface area contributed by atoms with Crippen LogP contribution in [0.2, 0.25) is 0 Å². The number of H-pyrrole nitrogens is 1. The number of para-hydroxylation sites is 1. The van der Waals surface area contributed by atoms with Crippen molar-refractivity contribution in [1.29, 1.82) is 0 Å². The van der Waals surface area contributed by atoms with Gasteiger partial charge in [0, 0.05) is 31.7 Å². The highest BCUT2D eigenvalue weighted by atomic mass is 16.5. The molecule has 1 saturated heterocycles. The summed E-state index contributed by atoms with van der Waals surface area (Å²) in [6.45, 7) is 5.83. The van der Waals surface area contributed by atoms with Gasteiger partial charge in [-0.05, 0) is 43.9 Å². The zero-order valence-corrected chi connectivity index (χ0v) is 16.5. The number of rotatable bonds is 2. The Morgan fingerprint density at radius 1 is 1.25 bits per heavy atom. The summed E-state index contributed by atoms with van der Waals surface area (Å²) in [6, 6.07) is 8.06. The number of hydrogen-bond donors (Lipinski definition) is 1. The Morgan fingerprint density at radius 3 is 2.89 bits per heavy atom. The van der Waals surface area contributed by atoms with Crippen LogP contribution in [-0.4, -0.2) is 58.0 Å². The predicted molar refractivity (Wildman–Crippen MR) is 106 cm³/mol. The van der Waals surface area contributed by atoms with Gasteiger partial charge in [0.05, 0.1) is 17.6 Å². The summed E-state index contributed by atoms with van der Waals surface area (Å²) < 4.78 is 6.05. The summed E-state index contributed by atoms with van der Waals surface area (Å²) in [5.74, 6) is 1.01. The molecule has 1 spiro atoms. The second-order valence-corrected chi connectivity index (χ2v) is 8.17. The Bertz CT molecular complexity index is 869.